The van der Waals surface area contributed by atoms with Crippen molar-refractivity contribution in [2.24, 2.45) is 5.92 Å². The molecule has 0 aromatic heterocycles. The summed E-state index contributed by atoms with van der Waals surface area (Å²) in [7, 11) is 0. The normalized spacial score (nSPS) is 23.2. The van der Waals surface area contributed by atoms with Crippen LogP contribution in [0.25, 0.3) is 0 Å². The van der Waals surface area contributed by atoms with Crippen LogP contribution in [0.3, 0.4) is 0 Å². The first-order chi connectivity index (χ1) is 12.6. The van der Waals surface area contributed by atoms with Crippen molar-refractivity contribution < 1.29 is 8.78 Å². The van der Waals surface area contributed by atoms with Crippen molar-refractivity contribution in [3.63, 3.8) is 0 Å². The van der Waals surface area contributed by atoms with E-state index in [1.54, 1.807) is 0 Å². The van der Waals surface area contributed by atoms with Gasteiger partial charge in [-0.2, -0.15) is 0 Å². The van der Waals surface area contributed by atoms with E-state index in [1.807, 2.05) is 0 Å². The van der Waals surface area contributed by atoms with Gasteiger partial charge in [0.15, 0.2) is 11.6 Å². The van der Waals surface area contributed by atoms with Crippen LogP contribution in [0, 0.1) is 17.6 Å². The molecule has 2 aliphatic rings. The van der Waals surface area contributed by atoms with Crippen molar-refractivity contribution >= 4 is 0 Å². The van der Waals surface area contributed by atoms with Crippen LogP contribution in [0.1, 0.15) is 79.5 Å². The molecule has 0 bridgehead atoms. The summed E-state index contributed by atoms with van der Waals surface area (Å²) in [4.78, 5) is 0. The summed E-state index contributed by atoms with van der Waals surface area (Å²) in [5, 5.41) is 0. The second-order valence-electron chi connectivity index (χ2n) is 8.31. The molecule has 0 amide bonds. The molecule has 0 saturated heterocycles. The minimum absolute atomic E-state index is 0.348. The lowest BCUT2D eigenvalue weighted by atomic mass is 9.77. The average Bonchev–Trinajstić information content (AvgIpc) is 3.06. The summed E-state index contributed by atoms with van der Waals surface area (Å²) in [5.41, 5.74) is 4.70. The molecule has 2 heteroatoms. The van der Waals surface area contributed by atoms with Gasteiger partial charge in [0.2, 0.25) is 0 Å². The minimum Gasteiger partial charge on any atom is -0.204 e. The van der Waals surface area contributed by atoms with Crippen LogP contribution in [0.5, 0.6) is 0 Å². The highest BCUT2D eigenvalue weighted by Gasteiger charge is 2.26. The SMILES string of the molecule is CCCC1CCC(c2ccc(C3Cc4cc(F)c(F)cc4C3)cc2)CC1. The minimum atomic E-state index is -0.724. The van der Waals surface area contributed by atoms with Gasteiger partial charge in [0.05, 0.1) is 0 Å². The summed E-state index contributed by atoms with van der Waals surface area (Å²) >= 11 is 0. The van der Waals surface area contributed by atoms with E-state index in [9.17, 15) is 8.78 Å². The summed E-state index contributed by atoms with van der Waals surface area (Å²) in [6, 6.07) is 11.9. The van der Waals surface area contributed by atoms with E-state index in [2.05, 4.69) is 31.2 Å². The fraction of sp³-hybridized carbons (Fsp3) is 0.500. The Morgan fingerprint density at radius 3 is 1.77 bits per heavy atom. The van der Waals surface area contributed by atoms with Crippen molar-refractivity contribution in [1.29, 1.82) is 0 Å². The quantitative estimate of drug-likeness (QED) is 0.559. The van der Waals surface area contributed by atoms with Gasteiger partial charge in [-0.25, -0.2) is 8.78 Å². The first kappa shape index (κ1) is 17.7. The van der Waals surface area contributed by atoms with Crippen molar-refractivity contribution in [2.45, 2.75) is 70.1 Å². The largest absolute Gasteiger partial charge is 0.204 e. The molecule has 0 nitrogen and oxygen atoms in total. The van der Waals surface area contributed by atoms with Crippen molar-refractivity contribution in [3.05, 3.63) is 70.3 Å². The molecular formula is C24H28F2. The van der Waals surface area contributed by atoms with E-state index in [-0.39, 0.29) is 0 Å². The second kappa shape index (κ2) is 7.50. The highest BCUT2D eigenvalue weighted by molar-refractivity contribution is 5.39. The molecule has 2 aliphatic carbocycles. The molecule has 1 fully saturated rings. The Kier molecular flexibility index (Phi) is 5.11. The third kappa shape index (κ3) is 3.56. The molecule has 0 N–H and O–H groups in total. The third-order valence-corrected chi connectivity index (χ3v) is 6.60. The number of benzene rings is 2. The molecule has 0 atom stereocenters. The van der Waals surface area contributed by atoms with Crippen LogP contribution in [0.15, 0.2) is 36.4 Å². The van der Waals surface area contributed by atoms with Crippen LogP contribution in [0.4, 0.5) is 8.78 Å². The van der Waals surface area contributed by atoms with Gasteiger partial charge >= 0.3 is 0 Å². The zero-order chi connectivity index (χ0) is 18.1. The Morgan fingerprint density at radius 2 is 1.27 bits per heavy atom. The zero-order valence-electron chi connectivity index (χ0n) is 15.6. The van der Waals surface area contributed by atoms with Crippen LogP contribution in [0.2, 0.25) is 0 Å². The molecule has 4 rings (SSSR count). The molecule has 2 aromatic carbocycles. The fourth-order valence-electron chi connectivity index (χ4n) is 5.08. The Morgan fingerprint density at radius 1 is 0.769 bits per heavy atom. The molecule has 0 unspecified atom stereocenters. The first-order valence-electron chi connectivity index (χ1n) is 10.2. The number of hydrogen-bond donors (Lipinski definition) is 0. The smallest absolute Gasteiger partial charge is 0.159 e. The van der Waals surface area contributed by atoms with Gasteiger partial charge < -0.3 is 0 Å². The maximum Gasteiger partial charge on any atom is 0.159 e. The van der Waals surface area contributed by atoms with Gasteiger partial charge in [0.25, 0.3) is 0 Å². The third-order valence-electron chi connectivity index (χ3n) is 6.60. The van der Waals surface area contributed by atoms with Crippen LogP contribution in [-0.4, -0.2) is 0 Å². The van der Waals surface area contributed by atoms with Crippen molar-refractivity contribution in [3.8, 4) is 0 Å². The highest BCUT2D eigenvalue weighted by atomic mass is 19.2. The zero-order valence-corrected chi connectivity index (χ0v) is 15.6. The summed E-state index contributed by atoms with van der Waals surface area (Å²) < 4.78 is 26.9. The van der Waals surface area contributed by atoms with Gasteiger partial charge in [-0.05, 0) is 90.7 Å². The van der Waals surface area contributed by atoms with Gasteiger partial charge in [0, 0.05) is 0 Å². The lowest BCUT2D eigenvalue weighted by Gasteiger charge is -2.28. The molecule has 2 aromatic rings. The molecule has 0 heterocycles. The fourth-order valence-corrected chi connectivity index (χ4v) is 5.08. The lowest BCUT2D eigenvalue weighted by molar-refractivity contribution is 0.308. The monoisotopic (exact) mass is 354 g/mol. The maximum absolute atomic E-state index is 13.5. The first-order valence-corrected chi connectivity index (χ1v) is 10.2. The summed E-state index contributed by atoms with van der Waals surface area (Å²) in [6.07, 6.45) is 9.69. The number of hydrogen-bond acceptors (Lipinski definition) is 0. The molecule has 1 saturated carbocycles. The van der Waals surface area contributed by atoms with Crippen molar-refractivity contribution in [1.82, 2.24) is 0 Å². The molecular weight excluding hydrogens is 326 g/mol. The Balaban J connectivity index is 1.41. The van der Waals surface area contributed by atoms with Crippen molar-refractivity contribution in [2.75, 3.05) is 0 Å². The predicted molar refractivity (Wildman–Crippen MR) is 103 cm³/mol. The Labute approximate surface area is 155 Å². The topological polar surface area (TPSA) is 0 Å². The number of fused-ring (bicyclic) bond motifs is 1. The van der Waals surface area contributed by atoms with E-state index >= 15 is 0 Å². The molecule has 26 heavy (non-hydrogen) atoms. The molecule has 0 spiro atoms. The molecule has 138 valence electrons. The van der Waals surface area contributed by atoms with E-state index in [0.29, 0.717) is 11.8 Å². The Hall–Kier alpha value is -1.70. The molecule has 0 radical (unpaired) electrons. The van der Waals surface area contributed by atoms with Gasteiger partial charge in [-0.1, -0.05) is 44.0 Å². The maximum atomic E-state index is 13.5. The van der Waals surface area contributed by atoms with E-state index in [4.69, 9.17) is 0 Å². The van der Waals surface area contributed by atoms with E-state index in [1.165, 1.54) is 61.8 Å². The molecule has 0 aliphatic heterocycles. The average molecular weight is 354 g/mol. The predicted octanol–water partition coefficient (Wildman–Crippen LogP) is 6.92. The lowest BCUT2D eigenvalue weighted by Crippen LogP contribution is -2.13. The van der Waals surface area contributed by atoms with Gasteiger partial charge in [0.1, 0.15) is 0 Å². The van der Waals surface area contributed by atoms with E-state index in [0.717, 1.165) is 29.9 Å². The number of halogens is 2. The highest BCUT2D eigenvalue weighted by Crippen LogP contribution is 2.39. The summed E-state index contributed by atoms with van der Waals surface area (Å²) in [6.45, 7) is 2.29. The van der Waals surface area contributed by atoms with E-state index < -0.39 is 11.6 Å². The Bertz CT molecular complexity index is 724. The van der Waals surface area contributed by atoms with Gasteiger partial charge in [-0.3, -0.25) is 0 Å². The van der Waals surface area contributed by atoms with Crippen LogP contribution >= 0.6 is 0 Å². The number of rotatable bonds is 4. The summed E-state index contributed by atoms with van der Waals surface area (Å²) in [5.74, 6) is 0.548. The standard InChI is InChI=1S/C24H28F2/c1-2-3-16-4-6-17(7-5-16)18-8-10-19(11-9-18)20-12-21-14-23(25)24(26)15-22(21)13-20/h8-11,14-17,20H,2-7,12-13H2,1H3. The van der Waals surface area contributed by atoms with Crippen LogP contribution < -0.4 is 0 Å². The van der Waals surface area contributed by atoms with Gasteiger partial charge in [-0.15, -0.1) is 0 Å². The van der Waals surface area contributed by atoms with Crippen LogP contribution in [-0.2, 0) is 12.8 Å². The second-order valence-corrected chi connectivity index (χ2v) is 8.31.